The van der Waals surface area contributed by atoms with Crippen molar-refractivity contribution in [2.45, 2.75) is 12.8 Å². The van der Waals surface area contributed by atoms with Crippen LogP contribution in [0.4, 0.5) is 0 Å². The predicted molar refractivity (Wildman–Crippen MR) is 34.0 cm³/mol. The third-order valence-corrected chi connectivity index (χ3v) is 1.49. The third-order valence-electron chi connectivity index (χ3n) is 1.49. The second-order valence-electron chi connectivity index (χ2n) is 2.40. The average Bonchev–Trinajstić information content (AvgIpc) is 2.66. The van der Waals surface area contributed by atoms with Gasteiger partial charge in [-0.05, 0) is 12.8 Å². The number of aliphatic hydroxyl groups is 1. The molecule has 0 aliphatic heterocycles. The van der Waals surface area contributed by atoms with Gasteiger partial charge in [0.2, 0.25) is 0 Å². The number of Topliss-reactive ketones (excluding diaryl/α,β-unsaturated/α-hetero) is 1. The van der Waals surface area contributed by atoms with Crippen LogP contribution in [0.2, 0.25) is 0 Å². The Bertz CT molecular complexity index is 145. The largest absolute Gasteiger partial charge is 0.392 e. The van der Waals surface area contributed by atoms with Gasteiger partial charge in [0.15, 0.2) is 5.78 Å². The number of carbonyl (C=O) groups excluding carboxylic acids is 1. The summed E-state index contributed by atoms with van der Waals surface area (Å²) >= 11 is 0. The molecule has 0 spiro atoms. The highest BCUT2D eigenvalue weighted by Gasteiger charge is 2.30. The Kier molecular flexibility index (Phi) is 1.67. The summed E-state index contributed by atoms with van der Waals surface area (Å²) in [4.78, 5) is 10.9. The molecule has 0 aromatic heterocycles. The van der Waals surface area contributed by atoms with Gasteiger partial charge in [0.25, 0.3) is 0 Å². The van der Waals surface area contributed by atoms with E-state index in [1.54, 1.807) is 0 Å². The number of hydrogen-bond acceptors (Lipinski definition) is 2. The van der Waals surface area contributed by atoms with Crippen molar-refractivity contribution in [2.24, 2.45) is 5.92 Å². The van der Waals surface area contributed by atoms with E-state index in [0.29, 0.717) is 5.57 Å². The fourth-order valence-corrected chi connectivity index (χ4v) is 0.712. The molecule has 1 fully saturated rings. The summed E-state index contributed by atoms with van der Waals surface area (Å²) in [6.07, 6.45) is 1.97. The lowest BCUT2D eigenvalue weighted by molar-refractivity contribution is -0.117. The number of carbonyl (C=O) groups is 1. The Labute approximate surface area is 54.2 Å². The van der Waals surface area contributed by atoms with Crippen LogP contribution in [0.15, 0.2) is 12.2 Å². The molecule has 0 radical (unpaired) electrons. The van der Waals surface area contributed by atoms with Crippen LogP contribution >= 0.6 is 0 Å². The molecule has 0 atom stereocenters. The van der Waals surface area contributed by atoms with Crippen molar-refractivity contribution in [3.05, 3.63) is 12.2 Å². The summed E-state index contributed by atoms with van der Waals surface area (Å²) in [5.74, 6) is 0.252. The Hall–Kier alpha value is -0.630. The number of rotatable bonds is 3. The van der Waals surface area contributed by atoms with Crippen LogP contribution in [-0.2, 0) is 4.79 Å². The first-order chi connectivity index (χ1) is 4.25. The van der Waals surface area contributed by atoms with Crippen LogP contribution in [0.25, 0.3) is 0 Å². The summed E-state index contributed by atoms with van der Waals surface area (Å²) in [5, 5.41) is 8.46. The van der Waals surface area contributed by atoms with Gasteiger partial charge in [0.1, 0.15) is 0 Å². The van der Waals surface area contributed by atoms with Crippen molar-refractivity contribution in [1.29, 1.82) is 0 Å². The molecule has 2 heteroatoms. The molecule has 2 nitrogen and oxygen atoms in total. The van der Waals surface area contributed by atoms with Crippen LogP contribution in [0.1, 0.15) is 12.8 Å². The van der Waals surface area contributed by atoms with Crippen molar-refractivity contribution in [3.63, 3.8) is 0 Å². The van der Waals surface area contributed by atoms with Crippen molar-refractivity contribution >= 4 is 5.78 Å². The fourth-order valence-electron chi connectivity index (χ4n) is 0.712. The molecule has 0 heterocycles. The van der Waals surface area contributed by atoms with Gasteiger partial charge in [-0.3, -0.25) is 4.79 Å². The minimum Gasteiger partial charge on any atom is -0.392 e. The Morgan fingerprint density at radius 2 is 2.22 bits per heavy atom. The lowest BCUT2D eigenvalue weighted by Gasteiger charge is -1.95. The third kappa shape index (κ3) is 1.39. The molecule has 0 amide bonds. The van der Waals surface area contributed by atoms with E-state index in [9.17, 15) is 4.79 Å². The number of hydrogen-bond donors (Lipinski definition) is 1. The molecule has 9 heavy (non-hydrogen) atoms. The van der Waals surface area contributed by atoms with E-state index in [2.05, 4.69) is 6.58 Å². The van der Waals surface area contributed by atoms with Crippen molar-refractivity contribution in [1.82, 2.24) is 0 Å². The lowest BCUT2D eigenvalue weighted by Crippen LogP contribution is -2.06. The first kappa shape index (κ1) is 6.49. The summed E-state index contributed by atoms with van der Waals surface area (Å²) < 4.78 is 0. The maximum atomic E-state index is 10.9. The van der Waals surface area contributed by atoms with Crippen LogP contribution in [0, 0.1) is 5.92 Å². The Morgan fingerprint density at radius 3 is 2.56 bits per heavy atom. The van der Waals surface area contributed by atoms with Crippen molar-refractivity contribution < 1.29 is 9.90 Å². The zero-order valence-electron chi connectivity index (χ0n) is 5.26. The van der Waals surface area contributed by atoms with Crippen LogP contribution in [0.3, 0.4) is 0 Å². The van der Waals surface area contributed by atoms with E-state index in [0.717, 1.165) is 12.8 Å². The smallest absolute Gasteiger partial charge is 0.163 e. The van der Waals surface area contributed by atoms with Crippen molar-refractivity contribution in [2.75, 3.05) is 6.61 Å². The second kappa shape index (κ2) is 2.31. The molecule has 1 aliphatic carbocycles. The van der Waals surface area contributed by atoms with Crippen LogP contribution in [-0.4, -0.2) is 17.5 Å². The van der Waals surface area contributed by atoms with Crippen molar-refractivity contribution in [3.8, 4) is 0 Å². The van der Waals surface area contributed by atoms with E-state index < -0.39 is 0 Å². The van der Waals surface area contributed by atoms with Crippen LogP contribution < -0.4 is 0 Å². The minimum atomic E-state index is -0.185. The van der Waals surface area contributed by atoms with Gasteiger partial charge in [-0.15, -0.1) is 0 Å². The van der Waals surface area contributed by atoms with Gasteiger partial charge >= 0.3 is 0 Å². The normalized spacial score (nSPS) is 17.4. The SMILES string of the molecule is C=C(CO)C(=O)C1CC1. The summed E-state index contributed by atoms with van der Waals surface area (Å²) in [6.45, 7) is 3.25. The fraction of sp³-hybridized carbons (Fsp3) is 0.571. The summed E-state index contributed by atoms with van der Waals surface area (Å²) in [7, 11) is 0. The molecule has 0 saturated heterocycles. The van der Waals surface area contributed by atoms with Gasteiger partial charge in [0.05, 0.1) is 6.61 Å². The topological polar surface area (TPSA) is 37.3 Å². The molecular weight excluding hydrogens is 116 g/mol. The molecule has 50 valence electrons. The molecule has 0 aromatic rings. The van der Waals surface area contributed by atoms with Gasteiger partial charge in [-0.1, -0.05) is 6.58 Å². The van der Waals surface area contributed by atoms with Gasteiger partial charge in [-0.2, -0.15) is 0 Å². The highest BCUT2D eigenvalue weighted by Crippen LogP contribution is 2.31. The molecule has 0 bridgehead atoms. The molecule has 0 aromatic carbocycles. The highest BCUT2D eigenvalue weighted by atomic mass is 16.3. The maximum absolute atomic E-state index is 10.9. The minimum absolute atomic E-state index is 0.0532. The van der Waals surface area contributed by atoms with E-state index in [1.165, 1.54) is 0 Å². The molecule has 1 aliphatic rings. The summed E-state index contributed by atoms with van der Waals surface area (Å²) in [5.41, 5.74) is 0.359. The monoisotopic (exact) mass is 126 g/mol. The van der Waals surface area contributed by atoms with Gasteiger partial charge in [0, 0.05) is 11.5 Å². The first-order valence-electron chi connectivity index (χ1n) is 3.08. The Morgan fingerprint density at radius 1 is 1.67 bits per heavy atom. The zero-order valence-corrected chi connectivity index (χ0v) is 5.26. The molecular formula is C7H10O2. The number of ketones is 1. The molecule has 1 saturated carbocycles. The van der Waals surface area contributed by atoms with E-state index in [-0.39, 0.29) is 18.3 Å². The second-order valence-corrected chi connectivity index (χ2v) is 2.40. The first-order valence-corrected chi connectivity index (χ1v) is 3.08. The summed E-state index contributed by atoms with van der Waals surface area (Å²) in [6, 6.07) is 0. The predicted octanol–water partition coefficient (Wildman–Crippen LogP) is 0.514. The maximum Gasteiger partial charge on any atom is 0.163 e. The van der Waals surface area contributed by atoms with Gasteiger partial charge < -0.3 is 5.11 Å². The average molecular weight is 126 g/mol. The molecule has 1 N–H and O–H groups in total. The quantitative estimate of drug-likeness (QED) is 0.559. The highest BCUT2D eigenvalue weighted by molar-refractivity contribution is 5.98. The van der Waals surface area contributed by atoms with Crippen LogP contribution in [0.5, 0.6) is 0 Å². The molecule has 1 rings (SSSR count). The van der Waals surface area contributed by atoms with E-state index in [4.69, 9.17) is 5.11 Å². The standard InChI is InChI=1S/C7H10O2/c1-5(4-8)7(9)6-2-3-6/h6,8H,1-4H2. The Balaban J connectivity index is 2.40. The van der Waals surface area contributed by atoms with E-state index >= 15 is 0 Å². The lowest BCUT2D eigenvalue weighted by atomic mass is 10.1. The van der Waals surface area contributed by atoms with E-state index in [1.807, 2.05) is 0 Å². The zero-order chi connectivity index (χ0) is 6.85. The number of aliphatic hydroxyl groups excluding tert-OH is 1. The van der Waals surface area contributed by atoms with Gasteiger partial charge in [-0.25, -0.2) is 0 Å². The molecule has 0 unspecified atom stereocenters.